The summed E-state index contributed by atoms with van der Waals surface area (Å²) in [6.45, 7) is 4.34. The van der Waals surface area contributed by atoms with E-state index in [2.05, 4.69) is 32.7 Å². The summed E-state index contributed by atoms with van der Waals surface area (Å²) < 4.78 is 37.2. The third kappa shape index (κ3) is 4.55. The molecule has 1 aliphatic heterocycles. The second-order valence-electron chi connectivity index (χ2n) is 6.43. The van der Waals surface area contributed by atoms with Gasteiger partial charge in [0.25, 0.3) is 0 Å². The number of ether oxygens (including phenoxy) is 2. The topological polar surface area (TPSA) is 83.3 Å². The molecule has 0 saturated carbocycles. The van der Waals surface area contributed by atoms with Gasteiger partial charge in [-0.1, -0.05) is 33.8 Å². The Bertz CT molecular complexity index is 975. The Balaban J connectivity index is 1.82. The number of thioether (sulfide) groups is 1. The Morgan fingerprint density at radius 3 is 2.64 bits per heavy atom. The zero-order chi connectivity index (χ0) is 20.3. The fraction of sp³-hybridized carbons (Fsp3) is 0.444. The van der Waals surface area contributed by atoms with Gasteiger partial charge in [-0.3, -0.25) is 0 Å². The average molecular weight is 488 g/mol. The van der Waals surface area contributed by atoms with Crippen LogP contribution in [0.5, 0.6) is 11.5 Å². The number of sulfone groups is 1. The number of nitrogens with zero attached hydrogens (tertiary/aromatic N) is 3. The van der Waals surface area contributed by atoms with Gasteiger partial charge in [-0.05, 0) is 24.1 Å². The molecule has 0 aliphatic carbocycles. The molecular weight excluding hydrogens is 466 g/mol. The number of hydrogen-bond donors (Lipinski definition) is 0. The minimum Gasteiger partial charge on any atom is -0.493 e. The van der Waals surface area contributed by atoms with Crippen LogP contribution in [0.15, 0.2) is 34.4 Å². The Kier molecular flexibility index (Phi) is 6.72. The van der Waals surface area contributed by atoms with Gasteiger partial charge in [-0.25, -0.2) is 8.42 Å². The van der Waals surface area contributed by atoms with Crippen LogP contribution in [0.25, 0.3) is 0 Å². The van der Waals surface area contributed by atoms with E-state index in [0.717, 1.165) is 21.0 Å². The van der Waals surface area contributed by atoms with Gasteiger partial charge >= 0.3 is 0 Å². The molecule has 0 radical (unpaired) electrons. The molecule has 1 fully saturated rings. The molecule has 2 aromatic rings. The van der Waals surface area contributed by atoms with Crippen molar-refractivity contribution in [3.05, 3.63) is 40.6 Å². The molecule has 1 saturated heterocycles. The molecule has 1 aromatic carbocycles. The molecular formula is C18H22BrN3O4S2. The van der Waals surface area contributed by atoms with Crippen molar-refractivity contribution in [2.75, 3.05) is 25.7 Å². The number of halogens is 1. The summed E-state index contributed by atoms with van der Waals surface area (Å²) in [6.07, 6.45) is 2.36. The van der Waals surface area contributed by atoms with E-state index < -0.39 is 9.84 Å². The van der Waals surface area contributed by atoms with E-state index in [1.807, 2.05) is 16.7 Å². The molecule has 1 atom stereocenters. The Labute approximate surface area is 177 Å². The van der Waals surface area contributed by atoms with Crippen molar-refractivity contribution in [1.82, 2.24) is 14.8 Å². The molecule has 1 aliphatic rings. The highest BCUT2D eigenvalue weighted by Crippen LogP contribution is 2.36. The maximum atomic E-state index is 11.8. The molecule has 3 rings (SSSR count). The molecule has 10 heteroatoms. The first-order valence-electron chi connectivity index (χ1n) is 8.66. The average Bonchev–Trinajstić information content (AvgIpc) is 3.23. The van der Waals surface area contributed by atoms with Crippen LogP contribution < -0.4 is 9.47 Å². The van der Waals surface area contributed by atoms with Crippen molar-refractivity contribution in [1.29, 1.82) is 0 Å². The van der Waals surface area contributed by atoms with Gasteiger partial charge in [0.05, 0.1) is 25.7 Å². The van der Waals surface area contributed by atoms with E-state index in [4.69, 9.17) is 9.47 Å². The third-order valence-corrected chi connectivity index (χ3v) is 8.09. The standard InChI is InChI=1S/C18H22BrN3O4S2/c1-4-6-22-17(12-5-7-28(23,24)11-12)20-21-18(22)27-10-13-8-15(25-2)16(26-3)9-14(13)19/h4,8-9,12H,1,5-7,10-11H2,2-3H3. The van der Waals surface area contributed by atoms with E-state index in [-0.39, 0.29) is 17.4 Å². The number of methoxy groups -OCH3 is 2. The maximum Gasteiger partial charge on any atom is 0.191 e. The minimum absolute atomic E-state index is 0.111. The van der Waals surface area contributed by atoms with Gasteiger partial charge in [-0.2, -0.15) is 0 Å². The maximum absolute atomic E-state index is 11.8. The van der Waals surface area contributed by atoms with Crippen LogP contribution in [-0.4, -0.2) is 48.9 Å². The quantitative estimate of drug-likeness (QED) is 0.416. The summed E-state index contributed by atoms with van der Waals surface area (Å²) >= 11 is 5.10. The van der Waals surface area contributed by atoms with Crippen molar-refractivity contribution in [3.8, 4) is 11.5 Å². The van der Waals surface area contributed by atoms with Crippen LogP contribution in [0.4, 0.5) is 0 Å². The summed E-state index contributed by atoms with van der Waals surface area (Å²) in [5.41, 5.74) is 1.03. The molecule has 152 valence electrons. The SMILES string of the molecule is C=CCn1c(SCc2cc(OC)c(OC)cc2Br)nnc1C1CCS(=O)(=O)C1. The van der Waals surface area contributed by atoms with Gasteiger partial charge in [0, 0.05) is 22.7 Å². The molecule has 7 nitrogen and oxygen atoms in total. The van der Waals surface area contributed by atoms with Crippen LogP contribution in [0.1, 0.15) is 23.7 Å². The number of aromatic nitrogens is 3. The van der Waals surface area contributed by atoms with Crippen LogP contribution in [0.3, 0.4) is 0 Å². The normalized spacial score (nSPS) is 18.2. The van der Waals surface area contributed by atoms with E-state index in [1.54, 1.807) is 20.3 Å². The molecule has 2 heterocycles. The van der Waals surface area contributed by atoms with Gasteiger partial charge in [-0.15, -0.1) is 16.8 Å². The lowest BCUT2D eigenvalue weighted by molar-refractivity contribution is 0.354. The molecule has 0 bridgehead atoms. The predicted molar refractivity (Wildman–Crippen MR) is 113 cm³/mol. The van der Waals surface area contributed by atoms with Gasteiger partial charge in [0.15, 0.2) is 26.5 Å². The first-order chi connectivity index (χ1) is 13.4. The van der Waals surface area contributed by atoms with Gasteiger partial charge in [0.1, 0.15) is 5.82 Å². The van der Waals surface area contributed by atoms with E-state index in [0.29, 0.717) is 30.2 Å². The molecule has 0 spiro atoms. The second kappa shape index (κ2) is 8.87. The summed E-state index contributed by atoms with van der Waals surface area (Å²) in [5.74, 6) is 2.90. The van der Waals surface area contributed by atoms with Gasteiger partial charge in [0.2, 0.25) is 0 Å². The highest BCUT2D eigenvalue weighted by molar-refractivity contribution is 9.10. The monoisotopic (exact) mass is 487 g/mol. The number of hydrogen-bond acceptors (Lipinski definition) is 7. The first kappa shape index (κ1) is 21.2. The van der Waals surface area contributed by atoms with Crippen LogP contribution in [-0.2, 0) is 22.1 Å². The largest absolute Gasteiger partial charge is 0.493 e. The summed E-state index contributed by atoms with van der Waals surface area (Å²) in [4.78, 5) is 0. The molecule has 1 unspecified atom stereocenters. The van der Waals surface area contributed by atoms with Crippen LogP contribution in [0, 0.1) is 0 Å². The van der Waals surface area contributed by atoms with Crippen LogP contribution in [0.2, 0.25) is 0 Å². The van der Waals surface area contributed by atoms with E-state index in [9.17, 15) is 8.42 Å². The summed E-state index contributed by atoms with van der Waals surface area (Å²) in [5, 5.41) is 9.35. The summed E-state index contributed by atoms with van der Waals surface area (Å²) in [7, 11) is 0.214. The Hall–Kier alpha value is -1.52. The van der Waals surface area contributed by atoms with Gasteiger partial charge < -0.3 is 14.0 Å². The molecule has 28 heavy (non-hydrogen) atoms. The predicted octanol–water partition coefficient (Wildman–Crippen LogP) is 3.44. The Morgan fingerprint density at radius 2 is 2.04 bits per heavy atom. The lowest BCUT2D eigenvalue weighted by atomic mass is 10.1. The van der Waals surface area contributed by atoms with E-state index in [1.165, 1.54) is 11.8 Å². The minimum atomic E-state index is -2.99. The zero-order valence-electron chi connectivity index (χ0n) is 15.7. The smallest absolute Gasteiger partial charge is 0.191 e. The van der Waals surface area contributed by atoms with Crippen molar-refractivity contribution >= 4 is 37.5 Å². The Morgan fingerprint density at radius 1 is 1.32 bits per heavy atom. The zero-order valence-corrected chi connectivity index (χ0v) is 18.9. The van der Waals surface area contributed by atoms with E-state index >= 15 is 0 Å². The molecule has 0 N–H and O–H groups in total. The highest BCUT2D eigenvalue weighted by atomic mass is 79.9. The number of allylic oxidation sites excluding steroid dienone is 1. The number of rotatable bonds is 8. The third-order valence-electron chi connectivity index (χ3n) is 4.56. The first-order valence-corrected chi connectivity index (χ1v) is 12.3. The second-order valence-corrected chi connectivity index (χ2v) is 10.5. The highest BCUT2D eigenvalue weighted by Gasteiger charge is 2.33. The molecule has 0 amide bonds. The van der Waals surface area contributed by atoms with Crippen LogP contribution >= 0.6 is 27.7 Å². The van der Waals surface area contributed by atoms with Crippen molar-refractivity contribution in [3.63, 3.8) is 0 Å². The fourth-order valence-corrected chi connectivity index (χ4v) is 6.49. The van der Waals surface area contributed by atoms with Crippen molar-refractivity contribution in [2.24, 2.45) is 0 Å². The summed E-state index contributed by atoms with van der Waals surface area (Å²) in [6, 6.07) is 3.80. The lowest BCUT2D eigenvalue weighted by Gasteiger charge is -2.13. The fourth-order valence-electron chi connectivity index (χ4n) is 3.16. The van der Waals surface area contributed by atoms with Crippen molar-refractivity contribution in [2.45, 2.75) is 29.8 Å². The number of benzene rings is 1. The van der Waals surface area contributed by atoms with Crippen molar-refractivity contribution < 1.29 is 17.9 Å². The molecule has 1 aromatic heterocycles. The lowest BCUT2D eigenvalue weighted by Crippen LogP contribution is -2.11.